The summed E-state index contributed by atoms with van der Waals surface area (Å²) in [4.78, 5) is 12.5. The van der Waals surface area contributed by atoms with Crippen LogP contribution in [0.15, 0.2) is 53.7 Å². The molecule has 1 N–H and O–H groups in total. The normalized spacial score (nSPS) is 11.7. The summed E-state index contributed by atoms with van der Waals surface area (Å²) in [6.07, 6.45) is 0. The van der Waals surface area contributed by atoms with Gasteiger partial charge in [-0.1, -0.05) is 17.8 Å². The lowest BCUT2D eigenvalue weighted by atomic mass is 10.3. The van der Waals surface area contributed by atoms with E-state index in [4.69, 9.17) is 9.47 Å². The van der Waals surface area contributed by atoms with Gasteiger partial charge in [-0.2, -0.15) is 4.68 Å². The minimum Gasteiger partial charge on any atom is -0.497 e. The van der Waals surface area contributed by atoms with E-state index in [2.05, 4.69) is 20.8 Å². The Labute approximate surface area is 160 Å². The number of nitrogens with zero attached hydrogens (tertiary/aromatic N) is 4. The first-order chi connectivity index (χ1) is 13.1. The monoisotopic (exact) mass is 385 g/mol. The maximum atomic E-state index is 12.5. The molecule has 9 heteroatoms. The van der Waals surface area contributed by atoms with Crippen molar-refractivity contribution < 1.29 is 14.3 Å². The number of carbonyl (C=O) groups excluding carboxylic acids is 1. The van der Waals surface area contributed by atoms with Crippen molar-refractivity contribution in [1.29, 1.82) is 0 Å². The van der Waals surface area contributed by atoms with Crippen LogP contribution >= 0.6 is 11.8 Å². The number of anilines is 1. The summed E-state index contributed by atoms with van der Waals surface area (Å²) in [6.45, 7) is 1.80. The van der Waals surface area contributed by atoms with E-state index >= 15 is 0 Å². The second-order valence-corrected chi connectivity index (χ2v) is 6.86. The van der Waals surface area contributed by atoms with Crippen molar-refractivity contribution in [3.63, 3.8) is 0 Å². The van der Waals surface area contributed by atoms with Gasteiger partial charge in [-0.05, 0) is 53.7 Å². The molecule has 0 aliphatic carbocycles. The van der Waals surface area contributed by atoms with E-state index in [-0.39, 0.29) is 5.91 Å². The van der Waals surface area contributed by atoms with Gasteiger partial charge in [0.2, 0.25) is 11.1 Å². The van der Waals surface area contributed by atoms with E-state index in [9.17, 15) is 4.79 Å². The molecule has 8 nitrogen and oxygen atoms in total. The Morgan fingerprint density at radius 1 is 1.11 bits per heavy atom. The maximum Gasteiger partial charge on any atom is 0.237 e. The molecule has 27 heavy (non-hydrogen) atoms. The lowest BCUT2D eigenvalue weighted by Crippen LogP contribution is -2.22. The van der Waals surface area contributed by atoms with E-state index in [0.29, 0.717) is 16.6 Å². The predicted octanol–water partition coefficient (Wildman–Crippen LogP) is 2.80. The molecule has 0 saturated carbocycles. The molecule has 3 aromatic rings. The zero-order chi connectivity index (χ0) is 19.2. The van der Waals surface area contributed by atoms with Crippen LogP contribution < -0.4 is 14.8 Å². The highest BCUT2D eigenvalue weighted by Gasteiger charge is 2.19. The molecule has 0 bridgehead atoms. The number of hydrogen-bond acceptors (Lipinski definition) is 7. The number of ether oxygens (including phenoxy) is 2. The fourth-order valence-electron chi connectivity index (χ4n) is 2.29. The molecular weight excluding hydrogens is 366 g/mol. The molecule has 0 radical (unpaired) electrons. The lowest BCUT2D eigenvalue weighted by molar-refractivity contribution is -0.115. The van der Waals surface area contributed by atoms with Crippen molar-refractivity contribution in [2.45, 2.75) is 17.3 Å². The average molecular weight is 385 g/mol. The Hall–Kier alpha value is -3.07. The molecule has 0 spiro atoms. The van der Waals surface area contributed by atoms with Crippen LogP contribution in [-0.2, 0) is 4.79 Å². The number of methoxy groups -OCH3 is 2. The summed E-state index contributed by atoms with van der Waals surface area (Å²) < 4.78 is 11.9. The predicted molar refractivity (Wildman–Crippen MR) is 103 cm³/mol. The van der Waals surface area contributed by atoms with Crippen LogP contribution in [0.3, 0.4) is 0 Å². The van der Waals surface area contributed by atoms with Crippen molar-refractivity contribution >= 4 is 23.4 Å². The van der Waals surface area contributed by atoms with E-state index in [0.717, 1.165) is 11.4 Å². The second-order valence-electron chi connectivity index (χ2n) is 5.55. The quantitative estimate of drug-likeness (QED) is 0.625. The van der Waals surface area contributed by atoms with Gasteiger partial charge in [-0.15, -0.1) is 5.10 Å². The van der Waals surface area contributed by atoms with Crippen molar-refractivity contribution in [3.05, 3.63) is 48.5 Å². The smallest absolute Gasteiger partial charge is 0.237 e. The van der Waals surface area contributed by atoms with Gasteiger partial charge in [-0.3, -0.25) is 4.79 Å². The highest BCUT2D eigenvalue weighted by molar-refractivity contribution is 8.00. The number of carbonyl (C=O) groups is 1. The number of benzene rings is 2. The zero-order valence-electron chi connectivity index (χ0n) is 15.1. The van der Waals surface area contributed by atoms with Crippen LogP contribution in [-0.4, -0.2) is 45.6 Å². The summed E-state index contributed by atoms with van der Waals surface area (Å²) in [7, 11) is 3.19. The number of aromatic nitrogens is 4. The first kappa shape index (κ1) is 18.7. The summed E-state index contributed by atoms with van der Waals surface area (Å²) in [6, 6.07) is 14.5. The molecule has 0 aliphatic rings. The SMILES string of the molecule is COc1ccc(-n2nnnc2SC(C)C(=O)Nc2cccc(OC)c2)cc1. The van der Waals surface area contributed by atoms with Gasteiger partial charge in [0.25, 0.3) is 0 Å². The summed E-state index contributed by atoms with van der Waals surface area (Å²) in [5, 5.41) is 14.7. The van der Waals surface area contributed by atoms with Gasteiger partial charge in [0.15, 0.2) is 0 Å². The Balaban J connectivity index is 1.69. The molecule has 1 heterocycles. The van der Waals surface area contributed by atoms with Gasteiger partial charge in [-0.25, -0.2) is 0 Å². The van der Waals surface area contributed by atoms with Gasteiger partial charge in [0.05, 0.1) is 25.2 Å². The van der Waals surface area contributed by atoms with Gasteiger partial charge >= 0.3 is 0 Å². The number of thioether (sulfide) groups is 1. The number of amides is 1. The third-order valence-corrected chi connectivity index (χ3v) is 4.78. The van der Waals surface area contributed by atoms with Crippen LogP contribution in [0, 0.1) is 0 Å². The molecule has 2 aromatic carbocycles. The van der Waals surface area contributed by atoms with Crippen LogP contribution in [0.5, 0.6) is 11.5 Å². The third-order valence-electron chi connectivity index (χ3n) is 3.75. The molecular formula is C18H19N5O3S. The standard InChI is InChI=1S/C18H19N5O3S/c1-12(17(24)19-13-5-4-6-16(11-13)26-3)27-18-20-21-22-23(18)14-7-9-15(25-2)10-8-14/h4-12H,1-3H3,(H,19,24). The van der Waals surface area contributed by atoms with Crippen LogP contribution in [0.1, 0.15) is 6.92 Å². The third kappa shape index (κ3) is 4.56. The van der Waals surface area contributed by atoms with Crippen molar-refractivity contribution in [2.24, 2.45) is 0 Å². The molecule has 1 amide bonds. The van der Waals surface area contributed by atoms with Crippen molar-refractivity contribution in [2.75, 3.05) is 19.5 Å². The molecule has 1 atom stereocenters. The first-order valence-electron chi connectivity index (χ1n) is 8.15. The second kappa shape index (κ2) is 8.54. The molecule has 0 saturated heterocycles. The summed E-state index contributed by atoms with van der Waals surface area (Å²) >= 11 is 1.27. The Morgan fingerprint density at radius 2 is 1.85 bits per heavy atom. The van der Waals surface area contributed by atoms with Crippen LogP contribution in [0.2, 0.25) is 0 Å². The molecule has 0 aliphatic heterocycles. The van der Waals surface area contributed by atoms with Gasteiger partial charge < -0.3 is 14.8 Å². The minimum absolute atomic E-state index is 0.155. The number of nitrogens with one attached hydrogen (secondary N) is 1. The largest absolute Gasteiger partial charge is 0.497 e. The van der Waals surface area contributed by atoms with Gasteiger partial charge in [0, 0.05) is 11.8 Å². The first-order valence-corrected chi connectivity index (χ1v) is 9.03. The highest BCUT2D eigenvalue weighted by Crippen LogP contribution is 2.25. The highest BCUT2D eigenvalue weighted by atomic mass is 32.2. The number of rotatable bonds is 7. The molecule has 140 valence electrons. The van der Waals surface area contributed by atoms with E-state index in [1.54, 1.807) is 38.0 Å². The summed E-state index contributed by atoms with van der Waals surface area (Å²) in [5.74, 6) is 1.26. The Kier molecular flexibility index (Phi) is 5.92. The van der Waals surface area contributed by atoms with Gasteiger partial charge in [0.1, 0.15) is 11.5 Å². The van der Waals surface area contributed by atoms with Crippen LogP contribution in [0.4, 0.5) is 5.69 Å². The van der Waals surface area contributed by atoms with E-state index in [1.165, 1.54) is 11.8 Å². The fraction of sp³-hybridized carbons (Fsp3) is 0.222. The van der Waals surface area contributed by atoms with Crippen molar-refractivity contribution in [3.8, 4) is 17.2 Å². The number of tetrazole rings is 1. The van der Waals surface area contributed by atoms with Crippen molar-refractivity contribution in [1.82, 2.24) is 20.2 Å². The minimum atomic E-state index is -0.404. The average Bonchev–Trinajstić information content (AvgIpc) is 3.16. The topological polar surface area (TPSA) is 91.2 Å². The molecule has 1 aromatic heterocycles. The van der Waals surface area contributed by atoms with E-state index < -0.39 is 5.25 Å². The summed E-state index contributed by atoms with van der Waals surface area (Å²) in [5.41, 5.74) is 1.45. The molecule has 3 rings (SSSR count). The fourth-order valence-corrected chi connectivity index (χ4v) is 3.10. The Morgan fingerprint density at radius 3 is 2.56 bits per heavy atom. The molecule has 1 unspecified atom stereocenters. The molecule has 0 fully saturated rings. The van der Waals surface area contributed by atoms with E-state index in [1.807, 2.05) is 36.4 Å². The Bertz CT molecular complexity index is 913. The van der Waals surface area contributed by atoms with Crippen LogP contribution in [0.25, 0.3) is 5.69 Å². The lowest BCUT2D eigenvalue weighted by Gasteiger charge is -2.12. The number of hydrogen-bond donors (Lipinski definition) is 1. The maximum absolute atomic E-state index is 12.5. The zero-order valence-corrected chi connectivity index (χ0v) is 15.9.